The summed E-state index contributed by atoms with van der Waals surface area (Å²) in [5.41, 5.74) is 1.73. The van der Waals surface area contributed by atoms with Crippen LogP contribution in [0.1, 0.15) is 41.0 Å². The summed E-state index contributed by atoms with van der Waals surface area (Å²) in [6.45, 7) is 0. The second-order valence-electron chi connectivity index (χ2n) is 7.41. The number of aryl methyl sites for hydroxylation is 1. The van der Waals surface area contributed by atoms with Crippen molar-refractivity contribution in [2.45, 2.75) is 31.1 Å². The highest BCUT2D eigenvalue weighted by Gasteiger charge is 2.35. The molecule has 156 valence electrons. The van der Waals surface area contributed by atoms with Gasteiger partial charge in [0.2, 0.25) is 0 Å². The minimum atomic E-state index is -4.51. The smallest absolute Gasteiger partial charge is 0.360 e. The van der Waals surface area contributed by atoms with E-state index in [1.165, 1.54) is 6.33 Å². The van der Waals surface area contributed by atoms with Gasteiger partial charge in [0.05, 0.1) is 23.8 Å². The molecule has 5 rings (SSSR count). The van der Waals surface area contributed by atoms with Gasteiger partial charge >= 0.3 is 6.18 Å². The predicted octanol–water partition coefficient (Wildman–Crippen LogP) is 4.39. The molecule has 1 aliphatic rings. The number of aromatic nitrogens is 5. The number of benzene rings is 1. The zero-order valence-electron chi connectivity index (χ0n) is 16.1. The lowest BCUT2D eigenvalue weighted by atomic mass is 9.84. The van der Waals surface area contributed by atoms with Crippen LogP contribution >= 0.6 is 0 Å². The molecule has 1 aliphatic carbocycles. The van der Waals surface area contributed by atoms with Gasteiger partial charge in [-0.15, -0.1) is 0 Å². The van der Waals surface area contributed by atoms with E-state index in [0.717, 1.165) is 30.0 Å². The Morgan fingerprint density at radius 3 is 2.81 bits per heavy atom. The summed E-state index contributed by atoms with van der Waals surface area (Å²) in [6, 6.07) is 10.6. The second-order valence-corrected chi connectivity index (χ2v) is 7.41. The summed E-state index contributed by atoms with van der Waals surface area (Å²) in [6.07, 6.45) is 1.62. The number of rotatable bonds is 3. The van der Waals surface area contributed by atoms with Gasteiger partial charge in [0.15, 0.2) is 5.69 Å². The van der Waals surface area contributed by atoms with Crippen molar-refractivity contribution in [3.63, 3.8) is 0 Å². The Kier molecular flexibility index (Phi) is 4.39. The SMILES string of the molecule is N#Cc1cn([C@@H]2CCc3ccccc3C2Nc2ncnc3[nH]c(C(F)(F)F)cc23)cn1. The van der Waals surface area contributed by atoms with Crippen molar-refractivity contribution in [3.8, 4) is 6.07 Å². The number of alkyl halides is 3. The number of halogens is 3. The zero-order chi connectivity index (χ0) is 21.6. The third kappa shape index (κ3) is 3.38. The van der Waals surface area contributed by atoms with Gasteiger partial charge in [-0.1, -0.05) is 24.3 Å². The second kappa shape index (κ2) is 7.12. The van der Waals surface area contributed by atoms with Crippen molar-refractivity contribution in [1.29, 1.82) is 5.26 Å². The number of fused-ring (bicyclic) bond motifs is 2. The highest BCUT2D eigenvalue weighted by atomic mass is 19.4. The van der Waals surface area contributed by atoms with Crippen molar-refractivity contribution in [1.82, 2.24) is 24.5 Å². The van der Waals surface area contributed by atoms with E-state index in [9.17, 15) is 13.2 Å². The average molecular weight is 423 g/mol. The van der Waals surface area contributed by atoms with Crippen LogP contribution in [0.5, 0.6) is 0 Å². The van der Waals surface area contributed by atoms with Crippen LogP contribution in [0.3, 0.4) is 0 Å². The molecule has 2 atom stereocenters. The van der Waals surface area contributed by atoms with E-state index in [-0.39, 0.29) is 23.1 Å². The van der Waals surface area contributed by atoms with Crippen LogP contribution in [0.15, 0.2) is 49.2 Å². The summed E-state index contributed by atoms with van der Waals surface area (Å²) in [5.74, 6) is 0.309. The van der Waals surface area contributed by atoms with Crippen LogP contribution in [-0.2, 0) is 12.6 Å². The maximum absolute atomic E-state index is 13.2. The third-order valence-corrected chi connectivity index (χ3v) is 5.61. The largest absolute Gasteiger partial charge is 0.431 e. The number of anilines is 1. The molecule has 31 heavy (non-hydrogen) atoms. The van der Waals surface area contributed by atoms with Gasteiger partial charge in [-0.2, -0.15) is 18.4 Å². The van der Waals surface area contributed by atoms with E-state index in [1.807, 2.05) is 34.9 Å². The lowest BCUT2D eigenvalue weighted by Crippen LogP contribution is -2.29. The lowest BCUT2D eigenvalue weighted by molar-refractivity contribution is -0.140. The standard InChI is InChI=1S/C21H16F3N7/c22-21(23,24)17-7-15-19(29-17)26-10-27-20(15)30-18-14-4-2-1-3-12(14)5-6-16(18)31-9-13(8-25)28-11-31/h1-4,7,9-11,16,18H,5-6H2,(H2,26,27,29,30)/t16-,18?/m1/s1. The molecule has 0 spiro atoms. The molecule has 0 bridgehead atoms. The number of aromatic amines is 1. The van der Waals surface area contributed by atoms with E-state index >= 15 is 0 Å². The predicted molar refractivity (Wildman–Crippen MR) is 106 cm³/mol. The molecule has 7 nitrogen and oxygen atoms in total. The first-order valence-corrected chi connectivity index (χ1v) is 9.63. The molecule has 3 heterocycles. The summed E-state index contributed by atoms with van der Waals surface area (Å²) >= 11 is 0. The van der Waals surface area contributed by atoms with Crippen LogP contribution in [0.25, 0.3) is 11.0 Å². The lowest BCUT2D eigenvalue weighted by Gasteiger charge is -2.35. The van der Waals surface area contributed by atoms with Gasteiger partial charge in [-0.05, 0) is 30.0 Å². The Morgan fingerprint density at radius 1 is 1.19 bits per heavy atom. The van der Waals surface area contributed by atoms with E-state index in [0.29, 0.717) is 11.5 Å². The summed E-state index contributed by atoms with van der Waals surface area (Å²) < 4.78 is 41.5. The maximum Gasteiger partial charge on any atom is 0.431 e. The average Bonchev–Trinajstić information content (AvgIpc) is 3.41. The van der Waals surface area contributed by atoms with Gasteiger partial charge in [-0.3, -0.25) is 0 Å². The van der Waals surface area contributed by atoms with Gasteiger partial charge in [-0.25, -0.2) is 15.0 Å². The highest BCUT2D eigenvalue weighted by molar-refractivity contribution is 5.88. The Hall–Kier alpha value is -3.87. The molecule has 0 saturated heterocycles. The molecule has 0 amide bonds. The van der Waals surface area contributed by atoms with Gasteiger partial charge < -0.3 is 14.9 Å². The number of nitrogens with one attached hydrogen (secondary N) is 2. The van der Waals surface area contributed by atoms with Crippen LogP contribution in [-0.4, -0.2) is 24.5 Å². The molecule has 1 aromatic carbocycles. The Balaban J connectivity index is 1.59. The topological polar surface area (TPSA) is 95.2 Å². The number of nitrogens with zero attached hydrogens (tertiary/aromatic N) is 5. The Bertz CT molecular complexity index is 1300. The summed E-state index contributed by atoms with van der Waals surface area (Å²) in [7, 11) is 0. The van der Waals surface area contributed by atoms with Gasteiger partial charge in [0, 0.05) is 6.20 Å². The molecule has 10 heteroatoms. The molecule has 0 radical (unpaired) electrons. The molecular weight excluding hydrogens is 407 g/mol. The molecule has 3 aromatic heterocycles. The number of hydrogen-bond acceptors (Lipinski definition) is 5. The molecule has 0 fully saturated rings. The van der Waals surface area contributed by atoms with E-state index < -0.39 is 11.9 Å². The first-order valence-electron chi connectivity index (χ1n) is 9.63. The number of nitriles is 1. The third-order valence-electron chi connectivity index (χ3n) is 5.61. The zero-order valence-corrected chi connectivity index (χ0v) is 16.1. The fourth-order valence-corrected chi connectivity index (χ4v) is 4.17. The highest BCUT2D eigenvalue weighted by Crippen LogP contribution is 2.41. The molecule has 1 unspecified atom stereocenters. The first kappa shape index (κ1) is 19.1. The number of H-pyrrole nitrogens is 1. The monoisotopic (exact) mass is 423 g/mol. The molecule has 4 aromatic rings. The fraction of sp³-hybridized carbons (Fsp3) is 0.238. The van der Waals surface area contributed by atoms with Crippen LogP contribution < -0.4 is 5.32 Å². The van der Waals surface area contributed by atoms with Crippen LogP contribution in [0.2, 0.25) is 0 Å². The van der Waals surface area contributed by atoms with Gasteiger partial charge in [0.1, 0.15) is 29.6 Å². The van der Waals surface area contributed by atoms with Crippen molar-refractivity contribution in [2.75, 3.05) is 5.32 Å². The minimum Gasteiger partial charge on any atom is -0.360 e. The first-order chi connectivity index (χ1) is 14.9. The van der Waals surface area contributed by atoms with Crippen molar-refractivity contribution < 1.29 is 13.2 Å². The number of hydrogen-bond donors (Lipinski definition) is 2. The maximum atomic E-state index is 13.2. The molecule has 0 aliphatic heterocycles. The van der Waals surface area contributed by atoms with Crippen LogP contribution in [0, 0.1) is 11.3 Å². The van der Waals surface area contributed by atoms with Crippen LogP contribution in [0.4, 0.5) is 19.0 Å². The van der Waals surface area contributed by atoms with Crippen molar-refractivity contribution >= 4 is 16.9 Å². The molecular formula is C21H16F3N7. The Labute approximate surface area is 174 Å². The summed E-state index contributed by atoms with van der Waals surface area (Å²) in [4.78, 5) is 14.6. The van der Waals surface area contributed by atoms with E-state index in [2.05, 4.69) is 25.3 Å². The number of imidazole rings is 1. The normalized spacial score (nSPS) is 18.5. The summed E-state index contributed by atoms with van der Waals surface area (Å²) in [5, 5.41) is 12.8. The quantitative estimate of drug-likeness (QED) is 0.510. The van der Waals surface area contributed by atoms with E-state index in [4.69, 9.17) is 5.26 Å². The fourth-order valence-electron chi connectivity index (χ4n) is 4.17. The van der Waals surface area contributed by atoms with E-state index in [1.54, 1.807) is 12.5 Å². The van der Waals surface area contributed by atoms with Crippen molar-refractivity contribution in [3.05, 3.63) is 71.7 Å². The molecule has 0 saturated carbocycles. The van der Waals surface area contributed by atoms with Gasteiger partial charge in [0.25, 0.3) is 0 Å². The Morgan fingerprint density at radius 2 is 2.03 bits per heavy atom. The van der Waals surface area contributed by atoms with Crippen molar-refractivity contribution in [2.24, 2.45) is 0 Å². The molecule has 2 N–H and O–H groups in total. The minimum absolute atomic E-state index is 0.101.